The van der Waals surface area contributed by atoms with E-state index in [1.54, 1.807) is 24.1 Å². The summed E-state index contributed by atoms with van der Waals surface area (Å²) in [7, 11) is 1.62. The summed E-state index contributed by atoms with van der Waals surface area (Å²) in [6, 6.07) is 11.0. The Morgan fingerprint density at radius 1 is 1.21 bits per heavy atom. The van der Waals surface area contributed by atoms with E-state index in [0.717, 1.165) is 17.7 Å². The summed E-state index contributed by atoms with van der Waals surface area (Å²) in [6.07, 6.45) is 2.41. The molecule has 1 fully saturated rings. The van der Waals surface area contributed by atoms with E-state index >= 15 is 0 Å². The highest BCUT2D eigenvalue weighted by Crippen LogP contribution is 2.38. The topological polar surface area (TPSA) is 71.8 Å². The molecule has 28 heavy (non-hydrogen) atoms. The average Bonchev–Trinajstić information content (AvgIpc) is 3.37. The zero-order chi connectivity index (χ0) is 20.1. The van der Waals surface area contributed by atoms with Crippen molar-refractivity contribution in [3.8, 4) is 5.75 Å². The maximum atomic E-state index is 13.0. The second kappa shape index (κ2) is 8.95. The lowest BCUT2D eigenvalue weighted by molar-refractivity contribution is -0.124. The van der Waals surface area contributed by atoms with Crippen molar-refractivity contribution in [2.75, 3.05) is 26.7 Å². The van der Waals surface area contributed by atoms with Crippen LogP contribution in [0.5, 0.6) is 5.75 Å². The molecule has 1 aromatic heterocycles. The molecule has 1 saturated heterocycles. The first-order chi connectivity index (χ1) is 13.5. The maximum Gasteiger partial charge on any atom is 0.289 e. The predicted octanol–water partition coefficient (Wildman–Crippen LogP) is 3.31. The summed E-state index contributed by atoms with van der Waals surface area (Å²) in [5, 5.41) is 3.05. The van der Waals surface area contributed by atoms with E-state index in [9.17, 15) is 9.59 Å². The van der Waals surface area contributed by atoms with Gasteiger partial charge in [0.05, 0.1) is 19.3 Å². The van der Waals surface area contributed by atoms with Crippen LogP contribution in [0.4, 0.5) is 0 Å². The molecular weight excluding hydrogens is 356 g/mol. The Kier molecular flexibility index (Phi) is 6.39. The summed E-state index contributed by atoms with van der Waals surface area (Å²) in [6.45, 7) is 5.70. The van der Waals surface area contributed by atoms with Gasteiger partial charge in [-0.25, -0.2) is 0 Å². The van der Waals surface area contributed by atoms with Crippen molar-refractivity contribution in [1.29, 1.82) is 0 Å². The van der Waals surface area contributed by atoms with Crippen LogP contribution in [-0.4, -0.2) is 43.5 Å². The van der Waals surface area contributed by atoms with Crippen molar-refractivity contribution in [1.82, 2.24) is 10.2 Å². The lowest BCUT2D eigenvalue weighted by Crippen LogP contribution is -2.36. The number of methoxy groups -OCH3 is 1. The number of hydrogen-bond acceptors (Lipinski definition) is 4. The SMILES string of the molecule is COc1ccccc1C1CN(C(=O)c2ccco2)CC1C(=O)NCCC(C)C. The van der Waals surface area contributed by atoms with Gasteiger partial charge in [-0.1, -0.05) is 32.0 Å². The van der Waals surface area contributed by atoms with Crippen LogP contribution >= 0.6 is 0 Å². The summed E-state index contributed by atoms with van der Waals surface area (Å²) in [5.74, 6) is 0.871. The predicted molar refractivity (Wildman–Crippen MR) is 106 cm³/mol. The molecule has 0 bridgehead atoms. The Morgan fingerprint density at radius 3 is 2.68 bits per heavy atom. The fourth-order valence-corrected chi connectivity index (χ4v) is 3.69. The van der Waals surface area contributed by atoms with Crippen molar-refractivity contribution < 1.29 is 18.7 Å². The van der Waals surface area contributed by atoms with Crippen LogP contribution in [-0.2, 0) is 4.79 Å². The monoisotopic (exact) mass is 384 g/mol. The summed E-state index contributed by atoms with van der Waals surface area (Å²) in [4.78, 5) is 27.4. The largest absolute Gasteiger partial charge is 0.496 e. The molecule has 2 atom stereocenters. The number of carbonyl (C=O) groups is 2. The third-order valence-corrected chi connectivity index (χ3v) is 5.24. The quantitative estimate of drug-likeness (QED) is 0.795. The highest BCUT2D eigenvalue weighted by atomic mass is 16.5. The first kappa shape index (κ1) is 20.0. The number of nitrogens with one attached hydrogen (secondary N) is 1. The fraction of sp³-hybridized carbons (Fsp3) is 0.455. The molecule has 1 aliphatic heterocycles. The molecule has 1 aliphatic rings. The molecule has 6 heteroatoms. The van der Waals surface area contributed by atoms with E-state index in [1.807, 2.05) is 24.3 Å². The van der Waals surface area contributed by atoms with Crippen LogP contribution in [0, 0.1) is 11.8 Å². The van der Waals surface area contributed by atoms with E-state index in [1.165, 1.54) is 6.26 Å². The van der Waals surface area contributed by atoms with E-state index in [2.05, 4.69) is 19.2 Å². The van der Waals surface area contributed by atoms with Gasteiger partial charge in [-0.05, 0) is 36.1 Å². The van der Waals surface area contributed by atoms with E-state index in [4.69, 9.17) is 9.15 Å². The van der Waals surface area contributed by atoms with Crippen LogP contribution in [0.1, 0.15) is 42.3 Å². The van der Waals surface area contributed by atoms with Crippen LogP contribution in [0.15, 0.2) is 47.1 Å². The average molecular weight is 384 g/mol. The third-order valence-electron chi connectivity index (χ3n) is 5.24. The molecule has 0 aliphatic carbocycles. The van der Waals surface area contributed by atoms with Gasteiger partial charge in [-0.2, -0.15) is 0 Å². The lowest BCUT2D eigenvalue weighted by Gasteiger charge is -2.20. The number of nitrogens with zero attached hydrogens (tertiary/aromatic N) is 1. The Bertz CT molecular complexity index is 801. The molecule has 0 spiro atoms. The van der Waals surface area contributed by atoms with Gasteiger partial charge in [0.1, 0.15) is 5.75 Å². The van der Waals surface area contributed by atoms with Crippen molar-refractivity contribution in [3.63, 3.8) is 0 Å². The Hall–Kier alpha value is -2.76. The molecule has 0 saturated carbocycles. The number of rotatable bonds is 7. The number of para-hydroxylation sites is 1. The molecule has 1 aromatic carbocycles. The standard InChI is InChI=1S/C22H28N2O4/c1-15(2)10-11-23-21(25)18-14-24(22(26)20-9-6-12-28-20)13-17(18)16-7-4-5-8-19(16)27-3/h4-9,12,15,17-18H,10-11,13-14H2,1-3H3,(H,23,25). The number of likely N-dealkylation sites (tertiary alicyclic amines) is 1. The zero-order valence-electron chi connectivity index (χ0n) is 16.7. The number of amides is 2. The van der Waals surface area contributed by atoms with Gasteiger partial charge in [0.25, 0.3) is 5.91 Å². The Balaban J connectivity index is 1.83. The van der Waals surface area contributed by atoms with E-state index < -0.39 is 0 Å². The molecule has 6 nitrogen and oxygen atoms in total. The first-order valence-corrected chi connectivity index (χ1v) is 9.74. The number of ether oxygens (including phenoxy) is 1. The van der Waals surface area contributed by atoms with Crippen molar-refractivity contribution in [2.24, 2.45) is 11.8 Å². The number of benzene rings is 1. The Morgan fingerprint density at radius 2 is 2.00 bits per heavy atom. The smallest absolute Gasteiger partial charge is 0.289 e. The highest BCUT2D eigenvalue weighted by Gasteiger charge is 2.42. The molecule has 2 aromatic rings. The molecular formula is C22H28N2O4. The minimum atomic E-state index is -0.331. The second-order valence-corrected chi connectivity index (χ2v) is 7.62. The summed E-state index contributed by atoms with van der Waals surface area (Å²) >= 11 is 0. The lowest BCUT2D eigenvalue weighted by atomic mass is 9.87. The van der Waals surface area contributed by atoms with Crippen LogP contribution in [0.2, 0.25) is 0 Å². The van der Waals surface area contributed by atoms with Crippen molar-refractivity contribution in [3.05, 3.63) is 54.0 Å². The minimum absolute atomic E-state index is 0.0219. The van der Waals surface area contributed by atoms with Gasteiger partial charge in [0.2, 0.25) is 5.91 Å². The molecule has 2 amide bonds. The van der Waals surface area contributed by atoms with Crippen LogP contribution in [0.25, 0.3) is 0 Å². The van der Waals surface area contributed by atoms with Gasteiger partial charge < -0.3 is 19.4 Å². The maximum absolute atomic E-state index is 13.0. The van der Waals surface area contributed by atoms with Gasteiger partial charge >= 0.3 is 0 Å². The van der Waals surface area contributed by atoms with E-state index in [-0.39, 0.29) is 23.7 Å². The summed E-state index contributed by atoms with van der Waals surface area (Å²) < 4.78 is 10.8. The number of carbonyl (C=O) groups excluding carboxylic acids is 2. The van der Waals surface area contributed by atoms with Crippen molar-refractivity contribution in [2.45, 2.75) is 26.2 Å². The van der Waals surface area contributed by atoms with Crippen LogP contribution in [0.3, 0.4) is 0 Å². The van der Waals surface area contributed by atoms with Gasteiger partial charge in [0.15, 0.2) is 5.76 Å². The molecule has 150 valence electrons. The number of hydrogen-bond donors (Lipinski definition) is 1. The minimum Gasteiger partial charge on any atom is -0.496 e. The normalized spacial score (nSPS) is 19.1. The van der Waals surface area contributed by atoms with E-state index in [0.29, 0.717) is 31.3 Å². The number of furan rings is 1. The Labute approximate surface area is 165 Å². The molecule has 1 N–H and O–H groups in total. The zero-order valence-corrected chi connectivity index (χ0v) is 16.7. The molecule has 2 heterocycles. The highest BCUT2D eigenvalue weighted by molar-refractivity contribution is 5.92. The molecule has 0 radical (unpaired) electrons. The third kappa shape index (κ3) is 4.38. The van der Waals surface area contributed by atoms with Gasteiger partial charge in [-0.3, -0.25) is 9.59 Å². The first-order valence-electron chi connectivity index (χ1n) is 9.74. The molecule has 2 unspecified atom stereocenters. The van der Waals surface area contributed by atoms with Gasteiger partial charge in [-0.15, -0.1) is 0 Å². The fourth-order valence-electron chi connectivity index (χ4n) is 3.69. The van der Waals surface area contributed by atoms with Crippen LogP contribution < -0.4 is 10.1 Å². The second-order valence-electron chi connectivity index (χ2n) is 7.62. The van der Waals surface area contributed by atoms with Crippen molar-refractivity contribution >= 4 is 11.8 Å². The summed E-state index contributed by atoms with van der Waals surface area (Å²) in [5.41, 5.74) is 0.948. The van der Waals surface area contributed by atoms with Gasteiger partial charge in [0, 0.05) is 25.6 Å². The molecule has 3 rings (SSSR count).